The van der Waals surface area contributed by atoms with Crippen molar-refractivity contribution in [2.75, 3.05) is 11.6 Å². The summed E-state index contributed by atoms with van der Waals surface area (Å²) in [5, 5.41) is 11.2. The van der Waals surface area contributed by atoms with Gasteiger partial charge in [-0.2, -0.15) is 10.1 Å². The molecular weight excluding hydrogens is 457 g/mol. The molecule has 2 heterocycles. The molecule has 11 heteroatoms. The van der Waals surface area contributed by atoms with Crippen LogP contribution in [0.3, 0.4) is 0 Å². The van der Waals surface area contributed by atoms with Gasteiger partial charge in [-0.1, -0.05) is 40.8 Å². The highest BCUT2D eigenvalue weighted by atomic mass is 32.1. The van der Waals surface area contributed by atoms with E-state index in [2.05, 4.69) is 20.1 Å². The summed E-state index contributed by atoms with van der Waals surface area (Å²) in [6, 6.07) is 11.3. The van der Waals surface area contributed by atoms with Crippen LogP contribution in [0.5, 0.6) is 10.9 Å². The van der Waals surface area contributed by atoms with Gasteiger partial charge in [-0.3, -0.25) is 4.79 Å². The minimum absolute atomic E-state index is 0.0922. The van der Waals surface area contributed by atoms with E-state index in [1.807, 2.05) is 19.1 Å². The monoisotopic (exact) mass is 476 g/mol. The van der Waals surface area contributed by atoms with Crippen molar-refractivity contribution in [1.82, 2.24) is 4.98 Å². The highest BCUT2D eigenvalue weighted by Gasteiger charge is 2.32. The van der Waals surface area contributed by atoms with Gasteiger partial charge in [-0.25, -0.2) is 4.98 Å². The summed E-state index contributed by atoms with van der Waals surface area (Å²) < 4.78 is 48.1. The summed E-state index contributed by atoms with van der Waals surface area (Å²) in [6.07, 6.45) is -3.83. The smallest absolute Gasteiger partial charge is 0.465 e. The lowest BCUT2D eigenvalue weighted by Gasteiger charge is -2.19. The number of halogens is 3. The van der Waals surface area contributed by atoms with Crippen molar-refractivity contribution >= 4 is 22.9 Å². The summed E-state index contributed by atoms with van der Waals surface area (Å²) in [7, 11) is 0. The largest absolute Gasteiger partial charge is 0.573 e. The molecule has 0 N–H and O–H groups in total. The molecule has 4 rings (SSSR count). The molecule has 0 unspecified atom stereocenters. The molecule has 0 saturated carbocycles. The maximum absolute atomic E-state index is 12.7. The first-order chi connectivity index (χ1) is 15.8. The molecule has 2 aromatic carbocycles. The lowest BCUT2D eigenvalue weighted by molar-refractivity contribution is -0.274. The highest BCUT2D eigenvalue weighted by Crippen LogP contribution is 2.36. The highest BCUT2D eigenvalue weighted by molar-refractivity contribution is 7.11. The van der Waals surface area contributed by atoms with Gasteiger partial charge in [0, 0.05) is 22.9 Å². The van der Waals surface area contributed by atoms with E-state index >= 15 is 0 Å². The molecule has 0 spiro atoms. The van der Waals surface area contributed by atoms with E-state index in [1.165, 1.54) is 23.2 Å². The quantitative estimate of drug-likeness (QED) is 0.431. The van der Waals surface area contributed by atoms with Crippen LogP contribution in [0.4, 0.5) is 18.9 Å². The van der Waals surface area contributed by atoms with E-state index in [-0.39, 0.29) is 29.0 Å². The first-order valence-electron chi connectivity index (χ1n) is 10.0. The van der Waals surface area contributed by atoms with Crippen LogP contribution in [0.1, 0.15) is 24.0 Å². The van der Waals surface area contributed by atoms with Gasteiger partial charge in [0.05, 0.1) is 17.9 Å². The van der Waals surface area contributed by atoms with Gasteiger partial charge >= 0.3 is 6.36 Å². The molecule has 0 aliphatic carbocycles. The number of benzene rings is 2. The number of alkyl halides is 3. The number of nitrogens with zero attached hydrogens (tertiary/aromatic N) is 4. The third-order valence-electron chi connectivity index (χ3n) is 4.86. The summed E-state index contributed by atoms with van der Waals surface area (Å²) in [5.74, 6) is -0.492. The summed E-state index contributed by atoms with van der Waals surface area (Å²) in [6.45, 7) is 2.47. The van der Waals surface area contributed by atoms with Gasteiger partial charge in [-0.15, -0.1) is 13.2 Å². The van der Waals surface area contributed by atoms with Crippen molar-refractivity contribution in [3.8, 4) is 22.2 Å². The number of ether oxygens (including phenoxy) is 2. The van der Waals surface area contributed by atoms with Crippen molar-refractivity contribution in [2.45, 2.75) is 32.7 Å². The Morgan fingerprint density at radius 1 is 1.15 bits per heavy atom. The Morgan fingerprint density at radius 2 is 1.97 bits per heavy atom. The van der Waals surface area contributed by atoms with Crippen molar-refractivity contribution in [3.05, 3.63) is 59.0 Å². The SMILES string of the molecule is Cc1cccc(N2N=NCCCC2=O)c1COc1nc(-c2ccccc2OC(F)(F)F)cs1. The van der Waals surface area contributed by atoms with E-state index in [1.54, 1.807) is 17.5 Å². The Hall–Kier alpha value is -3.47. The zero-order valence-corrected chi connectivity index (χ0v) is 18.3. The molecule has 0 radical (unpaired) electrons. The Kier molecular flexibility index (Phi) is 6.59. The van der Waals surface area contributed by atoms with Crippen LogP contribution in [0, 0.1) is 6.92 Å². The third-order valence-corrected chi connectivity index (χ3v) is 5.62. The molecule has 33 heavy (non-hydrogen) atoms. The molecule has 0 atom stereocenters. The zero-order valence-electron chi connectivity index (χ0n) is 17.5. The number of amides is 1. The molecule has 3 aromatic rings. The van der Waals surface area contributed by atoms with Gasteiger partial charge in [0.2, 0.25) is 5.91 Å². The fourth-order valence-corrected chi connectivity index (χ4v) is 3.96. The van der Waals surface area contributed by atoms with Gasteiger partial charge < -0.3 is 9.47 Å². The number of aryl methyl sites for hydroxylation is 1. The zero-order chi connectivity index (χ0) is 23.4. The predicted molar refractivity (Wildman–Crippen MR) is 116 cm³/mol. The normalized spacial score (nSPS) is 14.3. The Morgan fingerprint density at radius 3 is 2.79 bits per heavy atom. The number of para-hydroxylation sites is 1. The molecule has 7 nitrogen and oxygen atoms in total. The van der Waals surface area contributed by atoms with Gasteiger partial charge in [0.15, 0.2) is 0 Å². The third kappa shape index (κ3) is 5.48. The number of rotatable bonds is 6. The fraction of sp³-hybridized carbons (Fsp3) is 0.273. The maximum atomic E-state index is 12.7. The lowest BCUT2D eigenvalue weighted by Crippen LogP contribution is -2.25. The first kappa shape index (κ1) is 22.7. The summed E-state index contributed by atoms with van der Waals surface area (Å²) >= 11 is 1.15. The minimum atomic E-state index is -4.81. The lowest BCUT2D eigenvalue weighted by atomic mass is 10.1. The number of hydrogen-bond donors (Lipinski definition) is 0. The van der Waals surface area contributed by atoms with E-state index < -0.39 is 6.36 Å². The fourth-order valence-electron chi connectivity index (χ4n) is 3.29. The Bertz CT molecular complexity index is 1180. The van der Waals surface area contributed by atoms with Crippen molar-refractivity contribution in [3.63, 3.8) is 0 Å². The van der Waals surface area contributed by atoms with Crippen LogP contribution in [-0.4, -0.2) is 23.8 Å². The van der Waals surface area contributed by atoms with Gasteiger partial charge in [0.25, 0.3) is 5.19 Å². The molecule has 1 amide bonds. The Balaban J connectivity index is 1.55. The average molecular weight is 476 g/mol. The van der Waals surface area contributed by atoms with Crippen LogP contribution in [-0.2, 0) is 11.4 Å². The number of hydrogen-bond acceptors (Lipinski definition) is 7. The van der Waals surface area contributed by atoms with E-state index in [0.717, 1.165) is 22.5 Å². The number of thiazole rings is 1. The second-order valence-electron chi connectivity index (χ2n) is 7.17. The standard InChI is InChI=1S/C22H19F3N4O3S/c1-14-6-4-8-18(29-20(30)10-5-11-26-28-29)16(14)12-31-21-27-17(13-33-21)15-7-2-3-9-19(15)32-22(23,24)25/h2-4,6-9,13H,5,10-12H2,1H3. The second-order valence-corrected chi connectivity index (χ2v) is 7.99. The number of anilines is 1. The van der Waals surface area contributed by atoms with Crippen molar-refractivity contribution in [2.24, 2.45) is 10.3 Å². The van der Waals surface area contributed by atoms with Crippen LogP contribution in [0.25, 0.3) is 11.3 Å². The van der Waals surface area contributed by atoms with Crippen molar-refractivity contribution in [1.29, 1.82) is 0 Å². The first-order valence-corrected chi connectivity index (χ1v) is 10.9. The summed E-state index contributed by atoms with van der Waals surface area (Å²) in [4.78, 5) is 16.8. The average Bonchev–Trinajstić information content (AvgIpc) is 3.13. The van der Waals surface area contributed by atoms with E-state index in [9.17, 15) is 18.0 Å². The van der Waals surface area contributed by atoms with Crippen LogP contribution in [0.2, 0.25) is 0 Å². The number of carbonyl (C=O) groups excluding carboxylic acids is 1. The molecule has 172 valence electrons. The van der Waals surface area contributed by atoms with Crippen molar-refractivity contribution < 1.29 is 27.4 Å². The molecule has 1 aliphatic heterocycles. The van der Waals surface area contributed by atoms with Gasteiger partial charge in [-0.05, 0) is 37.1 Å². The second kappa shape index (κ2) is 9.57. The number of aromatic nitrogens is 1. The predicted octanol–water partition coefficient (Wildman–Crippen LogP) is 6.09. The van der Waals surface area contributed by atoms with Gasteiger partial charge in [0.1, 0.15) is 12.4 Å². The molecular formula is C22H19F3N4O3S. The van der Waals surface area contributed by atoms with E-state index in [4.69, 9.17) is 4.74 Å². The molecule has 1 aromatic heterocycles. The van der Waals surface area contributed by atoms with Crippen LogP contribution >= 0.6 is 11.3 Å². The molecule has 0 bridgehead atoms. The maximum Gasteiger partial charge on any atom is 0.573 e. The topological polar surface area (TPSA) is 76.4 Å². The summed E-state index contributed by atoms with van der Waals surface area (Å²) in [5.41, 5.74) is 2.71. The van der Waals surface area contributed by atoms with Crippen LogP contribution in [0.15, 0.2) is 58.2 Å². The Labute approximate surface area is 191 Å². The van der Waals surface area contributed by atoms with E-state index in [0.29, 0.717) is 30.8 Å². The molecule has 1 aliphatic rings. The number of carbonyl (C=O) groups is 1. The van der Waals surface area contributed by atoms with Crippen LogP contribution < -0.4 is 14.5 Å². The molecule has 0 saturated heterocycles. The minimum Gasteiger partial charge on any atom is -0.465 e. The molecule has 0 fully saturated rings.